The van der Waals surface area contributed by atoms with E-state index in [1.165, 1.54) is 5.56 Å². The van der Waals surface area contributed by atoms with Gasteiger partial charge >= 0.3 is 0 Å². The largest absolute Gasteiger partial charge is 0.392 e. The average molecular weight is 228 g/mol. The van der Waals surface area contributed by atoms with Gasteiger partial charge < -0.3 is 10.0 Å². The molecule has 0 aliphatic rings. The summed E-state index contributed by atoms with van der Waals surface area (Å²) < 4.78 is 0. The Bertz CT molecular complexity index is 511. The van der Waals surface area contributed by atoms with Crippen molar-refractivity contribution < 1.29 is 5.11 Å². The maximum absolute atomic E-state index is 9.32. The van der Waals surface area contributed by atoms with Crippen molar-refractivity contribution >= 4 is 11.4 Å². The van der Waals surface area contributed by atoms with Gasteiger partial charge in [0.2, 0.25) is 0 Å². The normalized spacial score (nSPS) is 10.3. The lowest BCUT2D eigenvalue weighted by Gasteiger charge is -2.23. The standard InChI is InChI=1S/C14H16N2O/c1-11-5-3-4-6-13(11)16(2)14-7-8-15-9-12(14)10-17/h3-9,17H,10H2,1-2H3. The van der Waals surface area contributed by atoms with E-state index in [-0.39, 0.29) is 6.61 Å². The van der Waals surface area contributed by atoms with E-state index in [0.29, 0.717) is 0 Å². The molecule has 2 aromatic rings. The molecule has 3 heteroatoms. The first-order valence-corrected chi connectivity index (χ1v) is 5.57. The van der Waals surface area contributed by atoms with E-state index in [1.54, 1.807) is 12.4 Å². The Balaban J connectivity index is 2.44. The lowest BCUT2D eigenvalue weighted by atomic mass is 10.1. The molecule has 0 amide bonds. The number of para-hydroxylation sites is 1. The molecule has 1 N–H and O–H groups in total. The van der Waals surface area contributed by atoms with Gasteiger partial charge in [0.15, 0.2) is 0 Å². The van der Waals surface area contributed by atoms with Crippen LogP contribution < -0.4 is 4.90 Å². The van der Waals surface area contributed by atoms with Gasteiger partial charge in [-0.2, -0.15) is 0 Å². The van der Waals surface area contributed by atoms with E-state index in [0.717, 1.165) is 16.9 Å². The molecule has 0 spiro atoms. The van der Waals surface area contributed by atoms with E-state index in [2.05, 4.69) is 28.9 Å². The Kier molecular flexibility index (Phi) is 3.40. The number of hydrogen-bond donors (Lipinski definition) is 1. The van der Waals surface area contributed by atoms with Crippen LogP contribution in [0.5, 0.6) is 0 Å². The fourth-order valence-electron chi connectivity index (χ4n) is 1.94. The topological polar surface area (TPSA) is 36.4 Å². The van der Waals surface area contributed by atoms with Crippen molar-refractivity contribution in [1.82, 2.24) is 4.98 Å². The molecule has 0 atom stereocenters. The van der Waals surface area contributed by atoms with Crippen molar-refractivity contribution in [2.45, 2.75) is 13.5 Å². The number of hydrogen-bond acceptors (Lipinski definition) is 3. The third-order valence-electron chi connectivity index (χ3n) is 2.89. The second kappa shape index (κ2) is 4.97. The first-order chi connectivity index (χ1) is 8.24. The van der Waals surface area contributed by atoms with Crippen LogP contribution in [0.4, 0.5) is 11.4 Å². The van der Waals surface area contributed by atoms with E-state index < -0.39 is 0 Å². The molecule has 0 saturated heterocycles. The smallest absolute Gasteiger partial charge is 0.0717 e. The molecule has 1 aromatic heterocycles. The minimum Gasteiger partial charge on any atom is -0.392 e. The molecule has 0 aliphatic heterocycles. The maximum Gasteiger partial charge on any atom is 0.0717 e. The lowest BCUT2D eigenvalue weighted by molar-refractivity contribution is 0.282. The van der Waals surface area contributed by atoms with Crippen molar-refractivity contribution in [2.24, 2.45) is 0 Å². The van der Waals surface area contributed by atoms with Crippen LogP contribution in [-0.4, -0.2) is 17.1 Å². The van der Waals surface area contributed by atoms with Crippen molar-refractivity contribution in [3.63, 3.8) is 0 Å². The molecule has 0 aliphatic carbocycles. The minimum absolute atomic E-state index is 0.000601. The van der Waals surface area contributed by atoms with E-state index in [4.69, 9.17) is 0 Å². The molecule has 88 valence electrons. The van der Waals surface area contributed by atoms with Crippen LogP contribution in [0.3, 0.4) is 0 Å². The summed E-state index contributed by atoms with van der Waals surface area (Å²) in [6.45, 7) is 2.07. The highest BCUT2D eigenvalue weighted by molar-refractivity contribution is 5.67. The predicted molar refractivity (Wildman–Crippen MR) is 69.4 cm³/mol. The Morgan fingerprint density at radius 1 is 1.18 bits per heavy atom. The molecule has 0 saturated carbocycles. The Morgan fingerprint density at radius 3 is 2.65 bits per heavy atom. The minimum atomic E-state index is -0.000601. The molecule has 0 unspecified atom stereocenters. The molecular formula is C14H16N2O. The summed E-state index contributed by atoms with van der Waals surface area (Å²) in [5, 5.41) is 9.32. The van der Waals surface area contributed by atoms with Gasteiger partial charge in [0.1, 0.15) is 0 Å². The van der Waals surface area contributed by atoms with Gasteiger partial charge in [0, 0.05) is 36.4 Å². The third kappa shape index (κ3) is 2.29. The Hall–Kier alpha value is -1.87. The summed E-state index contributed by atoms with van der Waals surface area (Å²) in [5.41, 5.74) is 4.15. The van der Waals surface area contributed by atoms with Crippen molar-refractivity contribution in [1.29, 1.82) is 0 Å². The quantitative estimate of drug-likeness (QED) is 0.877. The van der Waals surface area contributed by atoms with Gasteiger partial charge in [-0.05, 0) is 24.6 Å². The SMILES string of the molecule is Cc1ccccc1N(C)c1ccncc1CO. The van der Waals surface area contributed by atoms with Gasteiger partial charge in [-0.15, -0.1) is 0 Å². The molecule has 1 aromatic carbocycles. The summed E-state index contributed by atoms with van der Waals surface area (Å²) in [6.07, 6.45) is 3.44. The lowest BCUT2D eigenvalue weighted by Crippen LogP contribution is -2.13. The van der Waals surface area contributed by atoms with Gasteiger partial charge in [-0.3, -0.25) is 4.98 Å². The molecule has 0 fully saturated rings. The number of pyridine rings is 1. The molecule has 17 heavy (non-hydrogen) atoms. The van der Waals surface area contributed by atoms with Crippen molar-refractivity contribution in [3.05, 3.63) is 53.9 Å². The Labute approximate surface area is 101 Å². The monoisotopic (exact) mass is 228 g/mol. The third-order valence-corrected chi connectivity index (χ3v) is 2.89. The van der Waals surface area contributed by atoms with Crippen LogP contribution in [-0.2, 0) is 6.61 Å². The number of anilines is 2. The van der Waals surface area contributed by atoms with Crippen LogP contribution in [0.25, 0.3) is 0 Å². The second-order valence-corrected chi connectivity index (χ2v) is 4.01. The molecular weight excluding hydrogens is 212 g/mol. The second-order valence-electron chi connectivity index (χ2n) is 4.01. The van der Waals surface area contributed by atoms with Crippen LogP contribution >= 0.6 is 0 Å². The van der Waals surface area contributed by atoms with Crippen LogP contribution in [0.2, 0.25) is 0 Å². The zero-order valence-electron chi connectivity index (χ0n) is 10.1. The molecule has 0 radical (unpaired) electrons. The van der Waals surface area contributed by atoms with Crippen molar-refractivity contribution in [3.8, 4) is 0 Å². The molecule has 1 heterocycles. The zero-order chi connectivity index (χ0) is 12.3. The highest BCUT2D eigenvalue weighted by Crippen LogP contribution is 2.28. The highest BCUT2D eigenvalue weighted by Gasteiger charge is 2.09. The summed E-state index contributed by atoms with van der Waals surface area (Å²) in [6, 6.07) is 10.1. The number of aliphatic hydroxyl groups excluding tert-OH is 1. The van der Waals surface area contributed by atoms with Crippen LogP contribution in [0.15, 0.2) is 42.7 Å². The molecule has 3 nitrogen and oxygen atoms in total. The molecule has 2 rings (SSSR count). The van der Waals surface area contributed by atoms with Gasteiger partial charge in [0.05, 0.1) is 6.61 Å². The first kappa shape index (κ1) is 11.6. The zero-order valence-corrected chi connectivity index (χ0v) is 10.1. The fourth-order valence-corrected chi connectivity index (χ4v) is 1.94. The average Bonchev–Trinajstić information content (AvgIpc) is 2.38. The molecule has 0 bridgehead atoms. The van der Waals surface area contributed by atoms with Crippen LogP contribution in [0, 0.1) is 6.92 Å². The van der Waals surface area contributed by atoms with E-state index in [1.807, 2.05) is 25.2 Å². The number of rotatable bonds is 3. The maximum atomic E-state index is 9.32. The van der Waals surface area contributed by atoms with Gasteiger partial charge in [-0.1, -0.05) is 18.2 Å². The Morgan fingerprint density at radius 2 is 1.94 bits per heavy atom. The summed E-state index contributed by atoms with van der Waals surface area (Å²) >= 11 is 0. The van der Waals surface area contributed by atoms with Gasteiger partial charge in [0.25, 0.3) is 0 Å². The van der Waals surface area contributed by atoms with E-state index in [9.17, 15) is 5.11 Å². The van der Waals surface area contributed by atoms with Crippen molar-refractivity contribution in [2.75, 3.05) is 11.9 Å². The number of aromatic nitrogens is 1. The number of aliphatic hydroxyl groups is 1. The first-order valence-electron chi connectivity index (χ1n) is 5.57. The predicted octanol–water partition coefficient (Wildman–Crippen LogP) is 2.65. The number of nitrogens with zero attached hydrogens (tertiary/aromatic N) is 2. The summed E-state index contributed by atoms with van der Waals surface area (Å²) in [7, 11) is 2.00. The summed E-state index contributed by atoms with van der Waals surface area (Å²) in [5.74, 6) is 0. The van der Waals surface area contributed by atoms with Gasteiger partial charge in [-0.25, -0.2) is 0 Å². The number of benzene rings is 1. The number of aryl methyl sites for hydroxylation is 1. The van der Waals surface area contributed by atoms with E-state index >= 15 is 0 Å². The fraction of sp³-hybridized carbons (Fsp3) is 0.214. The highest BCUT2D eigenvalue weighted by atomic mass is 16.3. The summed E-state index contributed by atoms with van der Waals surface area (Å²) in [4.78, 5) is 6.10. The van der Waals surface area contributed by atoms with Crippen LogP contribution in [0.1, 0.15) is 11.1 Å².